The van der Waals surface area contributed by atoms with E-state index < -0.39 is 5.25 Å². The summed E-state index contributed by atoms with van der Waals surface area (Å²) in [6.45, 7) is 0. The van der Waals surface area contributed by atoms with Crippen molar-refractivity contribution in [2.45, 2.75) is 11.7 Å². The molecule has 1 aliphatic heterocycles. The van der Waals surface area contributed by atoms with Crippen molar-refractivity contribution in [2.24, 2.45) is 4.99 Å². The monoisotopic (exact) mass is 293 g/mol. The molecule has 0 saturated carbocycles. The molecular weight excluding hydrogens is 278 g/mol. The van der Waals surface area contributed by atoms with Gasteiger partial charge in [0.1, 0.15) is 11.0 Å². The molecule has 6 nitrogen and oxygen atoms in total. The molecule has 2 amide bonds. The summed E-state index contributed by atoms with van der Waals surface area (Å²) in [4.78, 5) is 27.6. The van der Waals surface area contributed by atoms with Gasteiger partial charge in [-0.05, 0) is 12.1 Å². The molecule has 1 aromatic rings. The van der Waals surface area contributed by atoms with Crippen molar-refractivity contribution >= 4 is 34.4 Å². The fourth-order valence-electron chi connectivity index (χ4n) is 1.72. The molecule has 0 aromatic heterocycles. The minimum atomic E-state index is -0.478. The van der Waals surface area contributed by atoms with E-state index in [-0.39, 0.29) is 18.2 Å². The predicted molar refractivity (Wildman–Crippen MR) is 79.1 cm³/mol. The van der Waals surface area contributed by atoms with Crippen LogP contribution in [0, 0.1) is 0 Å². The van der Waals surface area contributed by atoms with E-state index in [1.165, 1.54) is 11.8 Å². The Bertz CT molecular complexity index is 560. The van der Waals surface area contributed by atoms with Crippen molar-refractivity contribution in [3.63, 3.8) is 0 Å². The van der Waals surface area contributed by atoms with Crippen LogP contribution in [0.4, 0.5) is 5.69 Å². The van der Waals surface area contributed by atoms with Gasteiger partial charge in [0.25, 0.3) is 0 Å². The first-order valence-electron chi connectivity index (χ1n) is 6.00. The number of rotatable bonds is 3. The van der Waals surface area contributed by atoms with Crippen LogP contribution in [0.5, 0.6) is 5.75 Å². The van der Waals surface area contributed by atoms with Crippen molar-refractivity contribution in [1.82, 2.24) is 5.32 Å². The number of carbonyl (C=O) groups excluding carboxylic acids is 2. The van der Waals surface area contributed by atoms with Gasteiger partial charge in [-0.2, -0.15) is 0 Å². The van der Waals surface area contributed by atoms with Gasteiger partial charge in [0.15, 0.2) is 5.17 Å². The van der Waals surface area contributed by atoms with Gasteiger partial charge in [0, 0.05) is 25.2 Å². The Kier molecular flexibility index (Phi) is 4.62. The standard InChI is InChI=1S/C13H15N3O3S/c1-14-13-16-11(17)7-10(20-13)12(18)15-8-4-3-5-9(6-8)19-2/h3-6,10H,7H2,1-2H3,(H,15,18)(H,14,16,17). The number of benzene rings is 1. The summed E-state index contributed by atoms with van der Waals surface area (Å²) in [6.07, 6.45) is 0.138. The molecule has 1 aromatic carbocycles. The molecule has 1 aliphatic rings. The van der Waals surface area contributed by atoms with Gasteiger partial charge in [-0.25, -0.2) is 0 Å². The van der Waals surface area contributed by atoms with Gasteiger partial charge < -0.3 is 15.4 Å². The summed E-state index contributed by atoms with van der Waals surface area (Å²) in [5.74, 6) is 0.238. The summed E-state index contributed by atoms with van der Waals surface area (Å²) >= 11 is 1.25. The number of aliphatic imine (C=N–C) groups is 1. The number of anilines is 1. The number of nitrogens with zero attached hydrogens (tertiary/aromatic N) is 1. The number of amidine groups is 1. The second kappa shape index (κ2) is 6.42. The van der Waals surface area contributed by atoms with E-state index in [2.05, 4.69) is 15.6 Å². The predicted octanol–water partition coefficient (Wildman–Crippen LogP) is 1.24. The van der Waals surface area contributed by atoms with Gasteiger partial charge in [0.2, 0.25) is 11.8 Å². The third kappa shape index (κ3) is 3.51. The fourth-order valence-corrected chi connectivity index (χ4v) is 2.67. The second-order valence-corrected chi connectivity index (χ2v) is 5.30. The summed E-state index contributed by atoms with van der Waals surface area (Å²) in [5, 5.41) is 5.37. The molecule has 1 fully saturated rings. The molecule has 0 radical (unpaired) electrons. The van der Waals surface area contributed by atoms with Gasteiger partial charge in [-0.15, -0.1) is 0 Å². The number of amides is 2. The smallest absolute Gasteiger partial charge is 0.238 e. The highest BCUT2D eigenvalue weighted by Gasteiger charge is 2.29. The highest BCUT2D eigenvalue weighted by Crippen LogP contribution is 2.23. The molecule has 2 rings (SSSR count). The molecular formula is C13H15N3O3S. The first kappa shape index (κ1) is 14.4. The maximum Gasteiger partial charge on any atom is 0.238 e. The second-order valence-electron chi connectivity index (χ2n) is 4.11. The number of methoxy groups -OCH3 is 1. The minimum absolute atomic E-state index is 0.138. The molecule has 2 N–H and O–H groups in total. The molecule has 1 atom stereocenters. The highest BCUT2D eigenvalue weighted by molar-refractivity contribution is 8.15. The first-order valence-corrected chi connectivity index (χ1v) is 6.88. The van der Waals surface area contributed by atoms with Crippen LogP contribution >= 0.6 is 11.8 Å². The zero-order valence-corrected chi connectivity index (χ0v) is 12.0. The normalized spacial score (nSPS) is 20.4. The molecule has 20 heavy (non-hydrogen) atoms. The molecule has 1 saturated heterocycles. The number of carbonyl (C=O) groups is 2. The lowest BCUT2D eigenvalue weighted by molar-refractivity contribution is -0.123. The van der Waals surface area contributed by atoms with E-state index in [1.54, 1.807) is 38.4 Å². The van der Waals surface area contributed by atoms with Crippen molar-refractivity contribution in [2.75, 3.05) is 19.5 Å². The lowest BCUT2D eigenvalue weighted by Crippen LogP contribution is -2.41. The quantitative estimate of drug-likeness (QED) is 0.879. The van der Waals surface area contributed by atoms with Crippen molar-refractivity contribution < 1.29 is 14.3 Å². The van der Waals surface area contributed by atoms with Gasteiger partial charge in [0.05, 0.1) is 7.11 Å². The number of ether oxygens (including phenoxy) is 1. The summed E-state index contributed by atoms with van der Waals surface area (Å²) < 4.78 is 5.09. The zero-order valence-electron chi connectivity index (χ0n) is 11.2. The zero-order chi connectivity index (χ0) is 14.5. The van der Waals surface area contributed by atoms with Crippen LogP contribution in [0.15, 0.2) is 29.3 Å². The summed E-state index contributed by atoms with van der Waals surface area (Å²) in [6, 6.07) is 7.07. The third-order valence-corrected chi connectivity index (χ3v) is 3.88. The Morgan fingerprint density at radius 3 is 3.05 bits per heavy atom. The molecule has 1 heterocycles. The van der Waals surface area contributed by atoms with Crippen LogP contribution in [0.25, 0.3) is 0 Å². The fraction of sp³-hybridized carbons (Fsp3) is 0.308. The van der Waals surface area contributed by atoms with Crippen molar-refractivity contribution in [1.29, 1.82) is 0 Å². The Morgan fingerprint density at radius 1 is 1.55 bits per heavy atom. The van der Waals surface area contributed by atoms with Crippen LogP contribution in [-0.2, 0) is 9.59 Å². The molecule has 0 bridgehead atoms. The van der Waals surface area contributed by atoms with Crippen molar-refractivity contribution in [3.05, 3.63) is 24.3 Å². The molecule has 0 aliphatic carbocycles. The topological polar surface area (TPSA) is 79.8 Å². The Labute approximate surface area is 121 Å². The summed E-state index contributed by atoms with van der Waals surface area (Å²) in [5.41, 5.74) is 0.635. The Morgan fingerprint density at radius 2 is 2.35 bits per heavy atom. The van der Waals surface area contributed by atoms with Crippen LogP contribution in [0.3, 0.4) is 0 Å². The number of hydrogen-bond donors (Lipinski definition) is 2. The number of hydrogen-bond acceptors (Lipinski definition) is 5. The SMILES string of the molecule is CN=C1NC(=O)CC(C(=O)Nc2cccc(OC)c2)S1. The van der Waals surface area contributed by atoms with Crippen LogP contribution in [0.2, 0.25) is 0 Å². The van der Waals surface area contributed by atoms with Gasteiger partial charge >= 0.3 is 0 Å². The average molecular weight is 293 g/mol. The molecule has 7 heteroatoms. The van der Waals surface area contributed by atoms with E-state index in [4.69, 9.17) is 4.74 Å². The van der Waals surface area contributed by atoms with Crippen molar-refractivity contribution in [3.8, 4) is 5.75 Å². The van der Waals surface area contributed by atoms with Crippen LogP contribution in [-0.4, -0.2) is 36.4 Å². The first-order chi connectivity index (χ1) is 9.62. The largest absolute Gasteiger partial charge is 0.497 e. The summed E-state index contributed by atoms with van der Waals surface area (Å²) in [7, 11) is 3.14. The van der Waals surface area contributed by atoms with Crippen LogP contribution in [0.1, 0.15) is 6.42 Å². The maximum atomic E-state index is 12.2. The molecule has 0 spiro atoms. The number of nitrogens with one attached hydrogen (secondary N) is 2. The lowest BCUT2D eigenvalue weighted by Gasteiger charge is -2.22. The number of thioether (sulfide) groups is 1. The third-order valence-electron chi connectivity index (χ3n) is 2.70. The molecule has 1 unspecified atom stereocenters. The minimum Gasteiger partial charge on any atom is -0.497 e. The van der Waals surface area contributed by atoms with E-state index in [1.807, 2.05) is 0 Å². The highest BCUT2D eigenvalue weighted by atomic mass is 32.2. The van der Waals surface area contributed by atoms with E-state index >= 15 is 0 Å². The van der Waals surface area contributed by atoms with Crippen LogP contribution < -0.4 is 15.4 Å². The van der Waals surface area contributed by atoms with Gasteiger partial charge in [-0.1, -0.05) is 17.8 Å². The Balaban J connectivity index is 2.05. The Hall–Kier alpha value is -2.02. The van der Waals surface area contributed by atoms with E-state index in [0.717, 1.165) is 0 Å². The van der Waals surface area contributed by atoms with E-state index in [9.17, 15) is 9.59 Å². The molecule has 106 valence electrons. The maximum absolute atomic E-state index is 12.2. The lowest BCUT2D eigenvalue weighted by atomic mass is 10.2. The average Bonchev–Trinajstić information content (AvgIpc) is 2.46. The van der Waals surface area contributed by atoms with Gasteiger partial charge in [-0.3, -0.25) is 14.6 Å². The van der Waals surface area contributed by atoms with E-state index in [0.29, 0.717) is 16.6 Å².